The molecule has 0 bridgehead atoms. The molecule has 6 heteroatoms. The molecule has 0 saturated heterocycles. The molecule has 0 unspecified atom stereocenters. The van der Waals surface area contributed by atoms with Gasteiger partial charge in [0.1, 0.15) is 5.15 Å². The molecule has 0 fully saturated rings. The van der Waals surface area contributed by atoms with Crippen molar-refractivity contribution >= 4 is 45.2 Å². The van der Waals surface area contributed by atoms with Crippen LogP contribution in [0.2, 0.25) is 5.15 Å². The number of pyridine rings is 1. The average Bonchev–Trinajstić information content (AvgIpc) is 2.40. The molecule has 1 amide bonds. The van der Waals surface area contributed by atoms with Gasteiger partial charge in [-0.05, 0) is 46.8 Å². The van der Waals surface area contributed by atoms with Crippen LogP contribution in [0.4, 0.5) is 0 Å². The van der Waals surface area contributed by atoms with Crippen molar-refractivity contribution in [2.75, 3.05) is 18.6 Å². The number of nitrogens with one attached hydrogen (secondary N) is 1. The molecule has 1 heterocycles. The van der Waals surface area contributed by atoms with Gasteiger partial charge < -0.3 is 5.32 Å². The van der Waals surface area contributed by atoms with E-state index in [9.17, 15) is 4.79 Å². The van der Waals surface area contributed by atoms with Crippen molar-refractivity contribution < 1.29 is 4.79 Å². The van der Waals surface area contributed by atoms with E-state index in [2.05, 4.69) is 32.5 Å². The van der Waals surface area contributed by atoms with Crippen LogP contribution in [0.1, 0.15) is 36.0 Å². The van der Waals surface area contributed by atoms with Crippen LogP contribution in [0, 0.1) is 0 Å². The van der Waals surface area contributed by atoms with E-state index < -0.39 is 0 Å². The molecule has 0 radical (unpaired) electrons. The molecule has 1 aromatic heterocycles. The molecule has 0 aliphatic heterocycles. The fourth-order valence-electron chi connectivity index (χ4n) is 1.60. The quantitative estimate of drug-likeness (QED) is 0.556. The average molecular weight is 366 g/mol. The zero-order valence-corrected chi connectivity index (χ0v) is 14.1. The van der Waals surface area contributed by atoms with E-state index in [0.29, 0.717) is 12.1 Å². The standard InChI is InChI=1S/C13H18BrClN2OS/c1-19-7-5-3-2-4-6-16-13(18)11-8-10(14)9-17-12(11)15/h8-9H,2-7H2,1H3,(H,16,18). The highest BCUT2D eigenvalue weighted by atomic mass is 79.9. The number of halogens is 2. The molecule has 19 heavy (non-hydrogen) atoms. The molecule has 1 N–H and O–H groups in total. The van der Waals surface area contributed by atoms with Crippen molar-refractivity contribution in [2.24, 2.45) is 0 Å². The summed E-state index contributed by atoms with van der Waals surface area (Å²) < 4.78 is 0.749. The summed E-state index contributed by atoms with van der Waals surface area (Å²) in [7, 11) is 0. The summed E-state index contributed by atoms with van der Waals surface area (Å²) in [6.45, 7) is 0.681. The molecule has 0 spiro atoms. The van der Waals surface area contributed by atoms with Gasteiger partial charge in [-0.25, -0.2) is 4.98 Å². The van der Waals surface area contributed by atoms with E-state index in [4.69, 9.17) is 11.6 Å². The third-order valence-electron chi connectivity index (χ3n) is 2.61. The molecule has 1 rings (SSSR count). The smallest absolute Gasteiger partial charge is 0.254 e. The van der Waals surface area contributed by atoms with Gasteiger partial charge in [0.2, 0.25) is 0 Å². The van der Waals surface area contributed by atoms with E-state index in [0.717, 1.165) is 17.3 Å². The lowest BCUT2D eigenvalue weighted by molar-refractivity contribution is 0.0952. The fourth-order valence-corrected chi connectivity index (χ4v) is 2.62. The molecular weight excluding hydrogens is 348 g/mol. The summed E-state index contributed by atoms with van der Waals surface area (Å²) in [5.41, 5.74) is 0.415. The van der Waals surface area contributed by atoms with Gasteiger partial charge >= 0.3 is 0 Å². The van der Waals surface area contributed by atoms with Gasteiger partial charge in [-0.15, -0.1) is 0 Å². The molecule has 106 valence electrons. The Hall–Kier alpha value is -0.260. The highest BCUT2D eigenvalue weighted by Crippen LogP contribution is 2.17. The minimum atomic E-state index is -0.164. The van der Waals surface area contributed by atoms with E-state index in [-0.39, 0.29) is 11.1 Å². The van der Waals surface area contributed by atoms with E-state index >= 15 is 0 Å². The van der Waals surface area contributed by atoms with Crippen LogP contribution < -0.4 is 5.32 Å². The van der Waals surface area contributed by atoms with E-state index in [1.165, 1.54) is 18.6 Å². The highest BCUT2D eigenvalue weighted by Gasteiger charge is 2.11. The van der Waals surface area contributed by atoms with Gasteiger partial charge in [-0.1, -0.05) is 24.4 Å². The van der Waals surface area contributed by atoms with Crippen LogP contribution >= 0.6 is 39.3 Å². The van der Waals surface area contributed by atoms with Crippen molar-refractivity contribution in [3.05, 3.63) is 27.5 Å². The number of carbonyl (C=O) groups is 1. The van der Waals surface area contributed by atoms with Crippen LogP contribution in [0.15, 0.2) is 16.7 Å². The fraction of sp³-hybridized carbons (Fsp3) is 0.538. The third-order valence-corrected chi connectivity index (χ3v) is 4.04. The molecular formula is C13H18BrClN2OS. The van der Waals surface area contributed by atoms with Gasteiger partial charge in [0, 0.05) is 17.2 Å². The summed E-state index contributed by atoms with van der Waals surface area (Å²) >= 11 is 11.0. The Bertz CT molecular complexity index is 418. The van der Waals surface area contributed by atoms with E-state index in [1.54, 1.807) is 12.3 Å². The maximum Gasteiger partial charge on any atom is 0.254 e. The molecule has 0 aliphatic rings. The van der Waals surface area contributed by atoms with Crippen molar-refractivity contribution in [1.29, 1.82) is 0 Å². The van der Waals surface area contributed by atoms with Crippen LogP contribution in [-0.2, 0) is 0 Å². The Balaban J connectivity index is 2.26. The lowest BCUT2D eigenvalue weighted by Crippen LogP contribution is -2.25. The predicted octanol–water partition coefficient (Wildman–Crippen LogP) is 4.15. The second-order valence-corrected chi connectivity index (χ2v) is 6.41. The first kappa shape index (κ1) is 16.8. The SMILES string of the molecule is CSCCCCCCNC(=O)c1cc(Br)cnc1Cl. The molecule has 0 aliphatic carbocycles. The van der Waals surface area contributed by atoms with Crippen LogP contribution in [-0.4, -0.2) is 29.4 Å². The summed E-state index contributed by atoms with van der Waals surface area (Å²) in [5, 5.41) is 3.11. The number of hydrogen-bond acceptors (Lipinski definition) is 3. The second kappa shape index (κ2) is 9.61. The summed E-state index contributed by atoms with van der Waals surface area (Å²) in [5.74, 6) is 1.05. The molecule has 3 nitrogen and oxygen atoms in total. The lowest BCUT2D eigenvalue weighted by Gasteiger charge is -2.06. The number of rotatable bonds is 8. The number of carbonyl (C=O) groups excluding carboxylic acids is 1. The Kier molecular flexibility index (Phi) is 8.50. The van der Waals surface area contributed by atoms with Crippen molar-refractivity contribution in [1.82, 2.24) is 10.3 Å². The molecule has 0 atom stereocenters. The van der Waals surface area contributed by atoms with Gasteiger partial charge in [0.05, 0.1) is 5.56 Å². The minimum absolute atomic E-state index is 0.164. The largest absolute Gasteiger partial charge is 0.352 e. The number of aromatic nitrogens is 1. The Morgan fingerprint density at radius 2 is 2.16 bits per heavy atom. The van der Waals surface area contributed by atoms with Crippen LogP contribution in [0.3, 0.4) is 0 Å². The summed E-state index contributed by atoms with van der Waals surface area (Å²) in [4.78, 5) is 15.8. The maximum absolute atomic E-state index is 11.9. The predicted molar refractivity (Wildman–Crippen MR) is 86.1 cm³/mol. The Morgan fingerprint density at radius 1 is 1.42 bits per heavy atom. The molecule has 0 aromatic carbocycles. The highest BCUT2D eigenvalue weighted by molar-refractivity contribution is 9.10. The number of hydrogen-bond donors (Lipinski definition) is 1. The Labute approximate surface area is 132 Å². The third kappa shape index (κ3) is 6.63. The lowest BCUT2D eigenvalue weighted by atomic mass is 10.2. The van der Waals surface area contributed by atoms with Crippen molar-refractivity contribution in [2.45, 2.75) is 25.7 Å². The minimum Gasteiger partial charge on any atom is -0.352 e. The first-order valence-electron chi connectivity index (χ1n) is 6.23. The van der Waals surface area contributed by atoms with Crippen LogP contribution in [0.5, 0.6) is 0 Å². The van der Waals surface area contributed by atoms with Crippen molar-refractivity contribution in [3.63, 3.8) is 0 Å². The monoisotopic (exact) mass is 364 g/mol. The molecule has 0 saturated carbocycles. The van der Waals surface area contributed by atoms with E-state index in [1.807, 2.05) is 11.8 Å². The van der Waals surface area contributed by atoms with Gasteiger partial charge in [0.25, 0.3) is 5.91 Å². The first-order valence-corrected chi connectivity index (χ1v) is 8.80. The number of unbranched alkanes of at least 4 members (excludes halogenated alkanes) is 3. The summed E-state index contributed by atoms with van der Waals surface area (Å²) in [6, 6.07) is 1.68. The van der Waals surface area contributed by atoms with Gasteiger partial charge in [-0.3, -0.25) is 4.79 Å². The van der Waals surface area contributed by atoms with Gasteiger partial charge in [0.15, 0.2) is 0 Å². The zero-order chi connectivity index (χ0) is 14.1. The Morgan fingerprint density at radius 3 is 2.89 bits per heavy atom. The topological polar surface area (TPSA) is 42.0 Å². The maximum atomic E-state index is 11.9. The number of amides is 1. The van der Waals surface area contributed by atoms with Crippen LogP contribution in [0.25, 0.3) is 0 Å². The summed E-state index contributed by atoms with van der Waals surface area (Å²) in [6.07, 6.45) is 8.30. The number of nitrogens with zero attached hydrogens (tertiary/aromatic N) is 1. The van der Waals surface area contributed by atoms with Gasteiger partial charge in [-0.2, -0.15) is 11.8 Å². The normalized spacial score (nSPS) is 10.5. The number of thioether (sulfide) groups is 1. The first-order chi connectivity index (χ1) is 9.15. The second-order valence-electron chi connectivity index (χ2n) is 4.15. The van der Waals surface area contributed by atoms with Crippen molar-refractivity contribution in [3.8, 4) is 0 Å². The molecule has 1 aromatic rings. The zero-order valence-electron chi connectivity index (χ0n) is 10.9.